The number of nitrogens with zero attached hydrogens (tertiary/aromatic N) is 1. The number of pyridine rings is 1. The summed E-state index contributed by atoms with van der Waals surface area (Å²) in [5.41, 5.74) is -0.0316. The second-order valence-corrected chi connectivity index (χ2v) is 3.21. The van der Waals surface area contributed by atoms with Crippen LogP contribution in [0.2, 0.25) is 0 Å². The predicted octanol–water partition coefficient (Wildman–Crippen LogP) is -0.119. The molecule has 1 saturated heterocycles. The van der Waals surface area contributed by atoms with Crippen LogP contribution >= 0.6 is 0 Å². The summed E-state index contributed by atoms with van der Waals surface area (Å²) < 4.78 is 5.14. The lowest BCUT2D eigenvalue weighted by Gasteiger charge is -2.38. The zero-order chi connectivity index (χ0) is 9.31. The maximum Gasteiger partial charge on any atom is 0.128 e. The highest BCUT2D eigenvalue weighted by Gasteiger charge is 2.38. The van der Waals surface area contributed by atoms with Crippen LogP contribution in [0.15, 0.2) is 18.5 Å². The number of methoxy groups -OCH3 is 1. The lowest BCUT2D eigenvalue weighted by molar-refractivity contribution is -0.0168. The van der Waals surface area contributed by atoms with Crippen molar-refractivity contribution in [3.8, 4) is 5.75 Å². The third kappa shape index (κ3) is 1.28. The Balaban J connectivity index is 2.38. The summed E-state index contributed by atoms with van der Waals surface area (Å²) in [7, 11) is 1.59. The van der Waals surface area contributed by atoms with Crippen molar-refractivity contribution in [3.63, 3.8) is 0 Å². The van der Waals surface area contributed by atoms with E-state index in [0.29, 0.717) is 18.8 Å². The van der Waals surface area contributed by atoms with E-state index >= 15 is 0 Å². The summed E-state index contributed by atoms with van der Waals surface area (Å²) in [6, 6.07) is 1.76. The van der Waals surface area contributed by atoms with Crippen molar-refractivity contribution in [1.29, 1.82) is 0 Å². The Labute approximate surface area is 76.6 Å². The molecule has 0 unspecified atom stereocenters. The first-order chi connectivity index (χ1) is 6.26. The minimum absolute atomic E-state index is 0.565. The number of aliphatic hydroxyl groups is 1. The van der Waals surface area contributed by atoms with Crippen LogP contribution in [0.25, 0.3) is 0 Å². The molecule has 0 spiro atoms. The first-order valence-corrected chi connectivity index (χ1v) is 4.18. The van der Waals surface area contributed by atoms with Gasteiger partial charge in [0.15, 0.2) is 0 Å². The van der Waals surface area contributed by atoms with Gasteiger partial charge in [-0.15, -0.1) is 0 Å². The molecule has 1 aliphatic rings. The summed E-state index contributed by atoms with van der Waals surface area (Å²) in [4.78, 5) is 3.97. The summed E-state index contributed by atoms with van der Waals surface area (Å²) in [6.45, 7) is 1.13. The minimum atomic E-state index is -0.792. The molecule has 0 bridgehead atoms. The van der Waals surface area contributed by atoms with Gasteiger partial charge >= 0.3 is 0 Å². The normalized spacial score (nSPS) is 19.2. The first-order valence-electron chi connectivity index (χ1n) is 4.18. The molecule has 2 rings (SSSR count). The number of ether oxygens (including phenoxy) is 1. The zero-order valence-electron chi connectivity index (χ0n) is 7.45. The first kappa shape index (κ1) is 8.47. The Morgan fingerprint density at radius 1 is 1.62 bits per heavy atom. The number of hydrogen-bond acceptors (Lipinski definition) is 4. The van der Waals surface area contributed by atoms with E-state index in [9.17, 15) is 5.11 Å². The van der Waals surface area contributed by atoms with Gasteiger partial charge in [0.05, 0.1) is 7.11 Å². The quantitative estimate of drug-likeness (QED) is 0.666. The second kappa shape index (κ2) is 2.97. The molecule has 4 nitrogen and oxygen atoms in total. The largest absolute Gasteiger partial charge is 0.496 e. The number of β-amino-alcohol motifs (C(OH)–C–C–N with tert-alkyl or cyclic N) is 1. The van der Waals surface area contributed by atoms with Crippen molar-refractivity contribution in [2.75, 3.05) is 20.2 Å². The van der Waals surface area contributed by atoms with Gasteiger partial charge in [-0.3, -0.25) is 4.98 Å². The van der Waals surface area contributed by atoms with Gasteiger partial charge in [0.1, 0.15) is 11.4 Å². The second-order valence-electron chi connectivity index (χ2n) is 3.21. The lowest BCUT2D eigenvalue weighted by atomic mass is 9.89. The SMILES string of the molecule is COc1ccncc1C1(O)CNC1. The number of rotatable bonds is 2. The molecule has 2 heterocycles. The smallest absolute Gasteiger partial charge is 0.128 e. The molecule has 1 aromatic rings. The Morgan fingerprint density at radius 3 is 2.92 bits per heavy atom. The summed E-state index contributed by atoms with van der Waals surface area (Å²) in [5.74, 6) is 0.694. The predicted molar refractivity (Wildman–Crippen MR) is 47.6 cm³/mol. The average Bonchev–Trinajstić information content (AvgIpc) is 2.14. The topological polar surface area (TPSA) is 54.4 Å². The van der Waals surface area contributed by atoms with E-state index in [0.717, 1.165) is 5.56 Å². The van der Waals surface area contributed by atoms with E-state index in [-0.39, 0.29) is 0 Å². The molecule has 13 heavy (non-hydrogen) atoms. The molecule has 0 atom stereocenters. The summed E-state index contributed by atoms with van der Waals surface area (Å²) in [5, 5.41) is 13.0. The third-order valence-corrected chi connectivity index (χ3v) is 2.34. The van der Waals surface area contributed by atoms with Crippen LogP contribution in [0.3, 0.4) is 0 Å². The number of nitrogens with one attached hydrogen (secondary N) is 1. The van der Waals surface area contributed by atoms with Crippen LogP contribution in [0.4, 0.5) is 0 Å². The molecular weight excluding hydrogens is 168 g/mol. The van der Waals surface area contributed by atoms with Crippen LogP contribution in [0.1, 0.15) is 5.56 Å². The molecule has 0 saturated carbocycles. The van der Waals surface area contributed by atoms with Crippen molar-refractivity contribution in [2.45, 2.75) is 5.60 Å². The van der Waals surface area contributed by atoms with Crippen molar-refractivity contribution < 1.29 is 9.84 Å². The Kier molecular flexibility index (Phi) is 1.94. The van der Waals surface area contributed by atoms with Crippen molar-refractivity contribution >= 4 is 0 Å². The number of aromatic nitrogens is 1. The minimum Gasteiger partial charge on any atom is -0.496 e. The fraction of sp³-hybridized carbons (Fsp3) is 0.444. The molecular formula is C9H12N2O2. The van der Waals surface area contributed by atoms with Crippen molar-refractivity contribution in [3.05, 3.63) is 24.0 Å². The zero-order valence-corrected chi connectivity index (χ0v) is 7.45. The van der Waals surface area contributed by atoms with Gasteiger partial charge in [0.2, 0.25) is 0 Å². The molecule has 2 N–H and O–H groups in total. The molecule has 0 radical (unpaired) electrons. The maximum absolute atomic E-state index is 10.0. The van der Waals surface area contributed by atoms with Gasteiger partial charge in [0.25, 0.3) is 0 Å². The Bertz CT molecular complexity index is 310. The van der Waals surface area contributed by atoms with Gasteiger partial charge in [-0.25, -0.2) is 0 Å². The molecule has 1 aromatic heterocycles. The highest BCUT2D eigenvalue weighted by atomic mass is 16.5. The van der Waals surface area contributed by atoms with E-state index in [1.54, 1.807) is 25.6 Å². The Hall–Kier alpha value is -1.13. The highest BCUT2D eigenvalue weighted by molar-refractivity contribution is 5.37. The average molecular weight is 180 g/mol. The van der Waals surface area contributed by atoms with Crippen LogP contribution in [0, 0.1) is 0 Å². The molecule has 1 fully saturated rings. The fourth-order valence-corrected chi connectivity index (χ4v) is 1.46. The molecule has 0 aliphatic carbocycles. The van der Waals surface area contributed by atoms with Crippen molar-refractivity contribution in [2.24, 2.45) is 0 Å². The van der Waals surface area contributed by atoms with Gasteiger partial charge < -0.3 is 15.2 Å². The van der Waals surface area contributed by atoms with Gasteiger partial charge in [0, 0.05) is 31.0 Å². The molecule has 0 aromatic carbocycles. The molecule has 4 heteroatoms. The van der Waals surface area contributed by atoms with Crippen molar-refractivity contribution in [1.82, 2.24) is 10.3 Å². The van der Waals surface area contributed by atoms with Crippen LogP contribution in [-0.2, 0) is 5.60 Å². The van der Waals surface area contributed by atoms with Crippen LogP contribution in [-0.4, -0.2) is 30.3 Å². The van der Waals surface area contributed by atoms with E-state index in [2.05, 4.69) is 10.3 Å². The highest BCUT2D eigenvalue weighted by Crippen LogP contribution is 2.31. The third-order valence-electron chi connectivity index (χ3n) is 2.34. The summed E-state index contributed by atoms with van der Waals surface area (Å²) in [6.07, 6.45) is 3.30. The summed E-state index contributed by atoms with van der Waals surface area (Å²) >= 11 is 0. The van der Waals surface area contributed by atoms with E-state index < -0.39 is 5.60 Å². The van der Waals surface area contributed by atoms with E-state index in [1.165, 1.54) is 0 Å². The van der Waals surface area contributed by atoms with Crippen LogP contribution in [0.5, 0.6) is 5.75 Å². The van der Waals surface area contributed by atoms with Gasteiger partial charge in [-0.2, -0.15) is 0 Å². The van der Waals surface area contributed by atoms with Gasteiger partial charge in [-0.1, -0.05) is 0 Å². The molecule has 0 amide bonds. The lowest BCUT2D eigenvalue weighted by Crippen LogP contribution is -2.56. The van der Waals surface area contributed by atoms with E-state index in [1.807, 2.05) is 0 Å². The Morgan fingerprint density at radius 2 is 2.38 bits per heavy atom. The standard InChI is InChI=1S/C9H12N2O2/c1-13-8-2-3-10-4-7(8)9(12)5-11-6-9/h2-4,11-12H,5-6H2,1H3. The van der Waals surface area contributed by atoms with E-state index in [4.69, 9.17) is 4.74 Å². The maximum atomic E-state index is 10.0. The monoisotopic (exact) mass is 180 g/mol. The number of hydrogen-bond donors (Lipinski definition) is 2. The molecule has 1 aliphatic heterocycles. The van der Waals surface area contributed by atoms with Crippen LogP contribution < -0.4 is 10.1 Å². The van der Waals surface area contributed by atoms with Gasteiger partial charge in [-0.05, 0) is 6.07 Å². The fourth-order valence-electron chi connectivity index (χ4n) is 1.46. The molecule has 70 valence electrons.